The van der Waals surface area contributed by atoms with Crippen LogP contribution >= 0.6 is 15.9 Å². The summed E-state index contributed by atoms with van der Waals surface area (Å²) >= 11 is 3.45. The first-order chi connectivity index (χ1) is 7.25. The van der Waals surface area contributed by atoms with Crippen LogP contribution in [0, 0.1) is 5.92 Å². The number of aromatic nitrogens is 1. The maximum atomic E-state index is 5.97. The van der Waals surface area contributed by atoms with Crippen LogP contribution in [-0.4, -0.2) is 11.1 Å². The van der Waals surface area contributed by atoms with Gasteiger partial charge in [-0.15, -0.1) is 0 Å². The molecule has 15 heavy (non-hydrogen) atoms. The maximum Gasteiger partial charge on any atom is 0.136 e. The Labute approximate surface area is 99.2 Å². The van der Waals surface area contributed by atoms with Crippen molar-refractivity contribution in [2.45, 2.75) is 38.7 Å². The SMILES string of the molecule is CC1CCCC(Oc2ccncc2Br)C1. The van der Waals surface area contributed by atoms with Crippen LogP contribution in [0.15, 0.2) is 22.9 Å². The molecular formula is C12H16BrNO. The number of pyridine rings is 1. The zero-order valence-corrected chi connectivity index (χ0v) is 10.5. The average Bonchev–Trinajstić information content (AvgIpc) is 2.22. The van der Waals surface area contributed by atoms with Crippen LogP contribution in [0.1, 0.15) is 32.6 Å². The summed E-state index contributed by atoms with van der Waals surface area (Å²) in [4.78, 5) is 4.03. The quantitative estimate of drug-likeness (QED) is 0.815. The lowest BCUT2D eigenvalue weighted by molar-refractivity contribution is 0.128. The van der Waals surface area contributed by atoms with Crippen LogP contribution < -0.4 is 4.74 Å². The minimum absolute atomic E-state index is 0.382. The summed E-state index contributed by atoms with van der Waals surface area (Å²) in [6, 6.07) is 1.92. The molecule has 1 saturated carbocycles. The molecule has 0 N–H and O–H groups in total. The number of rotatable bonds is 2. The van der Waals surface area contributed by atoms with E-state index < -0.39 is 0 Å². The first-order valence-electron chi connectivity index (χ1n) is 5.52. The lowest BCUT2D eigenvalue weighted by atomic mass is 9.89. The maximum absolute atomic E-state index is 5.97. The highest BCUT2D eigenvalue weighted by molar-refractivity contribution is 9.10. The number of halogens is 1. The van der Waals surface area contributed by atoms with Crippen molar-refractivity contribution >= 4 is 15.9 Å². The molecule has 2 unspecified atom stereocenters. The Bertz CT molecular complexity index is 329. The molecule has 1 aromatic heterocycles. The summed E-state index contributed by atoms with van der Waals surface area (Å²) in [6.45, 7) is 2.30. The van der Waals surface area contributed by atoms with Crippen LogP contribution in [0.4, 0.5) is 0 Å². The van der Waals surface area contributed by atoms with Crippen LogP contribution in [0.3, 0.4) is 0 Å². The second-order valence-corrected chi connectivity index (χ2v) is 5.17. The van der Waals surface area contributed by atoms with Gasteiger partial charge >= 0.3 is 0 Å². The third-order valence-electron chi connectivity index (χ3n) is 2.92. The third-order valence-corrected chi connectivity index (χ3v) is 3.51. The fourth-order valence-corrected chi connectivity index (χ4v) is 2.47. The molecule has 0 aromatic carbocycles. The fraction of sp³-hybridized carbons (Fsp3) is 0.583. The highest BCUT2D eigenvalue weighted by Crippen LogP contribution is 2.30. The van der Waals surface area contributed by atoms with Gasteiger partial charge in [0.1, 0.15) is 5.75 Å². The van der Waals surface area contributed by atoms with Crippen LogP contribution in [0.5, 0.6) is 5.75 Å². The molecule has 0 amide bonds. The molecule has 1 heterocycles. The van der Waals surface area contributed by atoms with Crippen molar-refractivity contribution in [1.29, 1.82) is 0 Å². The molecule has 1 aliphatic carbocycles. The lowest BCUT2D eigenvalue weighted by Gasteiger charge is -2.27. The largest absolute Gasteiger partial charge is 0.489 e. The van der Waals surface area contributed by atoms with Gasteiger partial charge in [0.05, 0.1) is 10.6 Å². The molecule has 82 valence electrons. The molecule has 1 aliphatic rings. The van der Waals surface area contributed by atoms with E-state index in [1.807, 2.05) is 6.07 Å². The molecule has 2 atom stereocenters. The Morgan fingerprint density at radius 1 is 1.47 bits per heavy atom. The summed E-state index contributed by atoms with van der Waals surface area (Å²) < 4.78 is 6.92. The van der Waals surface area contributed by atoms with Gasteiger partial charge in [0.15, 0.2) is 0 Å². The van der Waals surface area contributed by atoms with E-state index in [0.29, 0.717) is 6.10 Å². The van der Waals surface area contributed by atoms with Gasteiger partial charge in [-0.1, -0.05) is 13.3 Å². The van der Waals surface area contributed by atoms with E-state index >= 15 is 0 Å². The second-order valence-electron chi connectivity index (χ2n) is 4.32. The zero-order chi connectivity index (χ0) is 10.7. The van der Waals surface area contributed by atoms with E-state index in [9.17, 15) is 0 Å². The predicted molar refractivity (Wildman–Crippen MR) is 64.0 cm³/mol. The average molecular weight is 270 g/mol. The summed E-state index contributed by atoms with van der Waals surface area (Å²) in [7, 11) is 0. The van der Waals surface area contributed by atoms with Crippen LogP contribution in [0.2, 0.25) is 0 Å². The lowest BCUT2D eigenvalue weighted by Crippen LogP contribution is -2.24. The van der Waals surface area contributed by atoms with Crippen molar-refractivity contribution in [2.75, 3.05) is 0 Å². The van der Waals surface area contributed by atoms with E-state index in [-0.39, 0.29) is 0 Å². The molecular weight excluding hydrogens is 254 g/mol. The van der Waals surface area contributed by atoms with Crippen molar-refractivity contribution in [1.82, 2.24) is 4.98 Å². The molecule has 0 saturated heterocycles. The normalized spacial score (nSPS) is 26.3. The van der Waals surface area contributed by atoms with Crippen molar-refractivity contribution in [3.63, 3.8) is 0 Å². The van der Waals surface area contributed by atoms with Crippen molar-refractivity contribution < 1.29 is 4.74 Å². The number of hydrogen-bond acceptors (Lipinski definition) is 2. The molecule has 0 aliphatic heterocycles. The molecule has 1 aromatic rings. The second kappa shape index (κ2) is 4.97. The first kappa shape index (κ1) is 10.9. The molecule has 2 nitrogen and oxygen atoms in total. The number of hydrogen-bond donors (Lipinski definition) is 0. The van der Waals surface area contributed by atoms with Crippen molar-refractivity contribution in [3.05, 3.63) is 22.9 Å². The molecule has 3 heteroatoms. The smallest absolute Gasteiger partial charge is 0.136 e. The summed E-state index contributed by atoms with van der Waals surface area (Å²) in [5.74, 6) is 1.72. The Morgan fingerprint density at radius 2 is 2.33 bits per heavy atom. The Balaban J connectivity index is 1.99. The van der Waals surface area contributed by atoms with Crippen LogP contribution in [-0.2, 0) is 0 Å². The van der Waals surface area contributed by atoms with Gasteiger partial charge in [-0.05, 0) is 47.2 Å². The number of nitrogens with zero attached hydrogens (tertiary/aromatic N) is 1. The standard InChI is InChI=1S/C12H16BrNO/c1-9-3-2-4-10(7-9)15-12-5-6-14-8-11(12)13/h5-6,8-10H,2-4,7H2,1H3. The van der Waals surface area contributed by atoms with E-state index in [1.54, 1.807) is 12.4 Å². The third kappa shape index (κ3) is 2.94. The zero-order valence-electron chi connectivity index (χ0n) is 8.95. The Hall–Kier alpha value is -0.570. The number of ether oxygens (including phenoxy) is 1. The molecule has 0 bridgehead atoms. The topological polar surface area (TPSA) is 22.1 Å². The Morgan fingerprint density at radius 3 is 3.07 bits per heavy atom. The van der Waals surface area contributed by atoms with Gasteiger partial charge in [-0.2, -0.15) is 0 Å². The van der Waals surface area contributed by atoms with Gasteiger partial charge in [-0.25, -0.2) is 0 Å². The van der Waals surface area contributed by atoms with Gasteiger partial charge in [-0.3, -0.25) is 4.98 Å². The molecule has 2 rings (SSSR count). The van der Waals surface area contributed by atoms with E-state index in [2.05, 4.69) is 27.8 Å². The summed E-state index contributed by atoms with van der Waals surface area (Å²) in [6.07, 6.45) is 8.92. The monoisotopic (exact) mass is 269 g/mol. The van der Waals surface area contributed by atoms with Gasteiger partial charge < -0.3 is 4.74 Å². The highest BCUT2D eigenvalue weighted by Gasteiger charge is 2.20. The highest BCUT2D eigenvalue weighted by atomic mass is 79.9. The molecule has 1 fully saturated rings. The fourth-order valence-electron chi connectivity index (χ4n) is 2.12. The van der Waals surface area contributed by atoms with E-state index in [1.165, 1.54) is 25.7 Å². The van der Waals surface area contributed by atoms with E-state index in [0.717, 1.165) is 16.1 Å². The minimum atomic E-state index is 0.382. The van der Waals surface area contributed by atoms with Gasteiger partial charge in [0.2, 0.25) is 0 Å². The summed E-state index contributed by atoms with van der Waals surface area (Å²) in [5.41, 5.74) is 0. The molecule has 0 radical (unpaired) electrons. The van der Waals surface area contributed by atoms with Gasteiger partial charge in [0.25, 0.3) is 0 Å². The minimum Gasteiger partial charge on any atom is -0.489 e. The first-order valence-corrected chi connectivity index (χ1v) is 6.31. The predicted octanol–water partition coefficient (Wildman–Crippen LogP) is 3.80. The van der Waals surface area contributed by atoms with Gasteiger partial charge in [0, 0.05) is 12.4 Å². The van der Waals surface area contributed by atoms with Crippen molar-refractivity contribution in [2.24, 2.45) is 5.92 Å². The summed E-state index contributed by atoms with van der Waals surface area (Å²) in [5, 5.41) is 0. The van der Waals surface area contributed by atoms with E-state index in [4.69, 9.17) is 4.74 Å². The van der Waals surface area contributed by atoms with Crippen LogP contribution in [0.25, 0.3) is 0 Å². The van der Waals surface area contributed by atoms with Crippen molar-refractivity contribution in [3.8, 4) is 5.75 Å². The molecule has 0 spiro atoms. The Kier molecular flexibility index (Phi) is 3.62.